The maximum atomic E-state index is 5.94. The van der Waals surface area contributed by atoms with Crippen molar-refractivity contribution in [3.63, 3.8) is 0 Å². The summed E-state index contributed by atoms with van der Waals surface area (Å²) in [4.78, 5) is 1.34. The van der Waals surface area contributed by atoms with Crippen molar-refractivity contribution in [2.75, 3.05) is 12.3 Å². The fourth-order valence-corrected chi connectivity index (χ4v) is 2.63. The molecule has 0 fully saturated rings. The zero-order valence-corrected chi connectivity index (χ0v) is 11.5. The average molecular weight is 258 g/mol. The van der Waals surface area contributed by atoms with Crippen LogP contribution in [0.5, 0.6) is 0 Å². The molecular formula is C13H20ClNS. The van der Waals surface area contributed by atoms with Gasteiger partial charge >= 0.3 is 0 Å². The monoisotopic (exact) mass is 257 g/mol. The Labute approximate surface area is 108 Å². The molecule has 16 heavy (non-hydrogen) atoms. The van der Waals surface area contributed by atoms with Crippen molar-refractivity contribution >= 4 is 23.4 Å². The lowest BCUT2D eigenvalue weighted by Crippen LogP contribution is -2.29. The molecule has 1 aromatic rings. The minimum absolute atomic E-state index is 0.254. The Morgan fingerprint density at radius 2 is 1.94 bits per heavy atom. The third-order valence-corrected chi connectivity index (χ3v) is 3.48. The van der Waals surface area contributed by atoms with Crippen molar-refractivity contribution in [1.29, 1.82) is 0 Å². The maximum Gasteiger partial charge on any atom is 0.0322 e. The van der Waals surface area contributed by atoms with E-state index in [0.717, 1.165) is 18.7 Å². The van der Waals surface area contributed by atoms with E-state index in [-0.39, 0.29) is 5.38 Å². The van der Waals surface area contributed by atoms with Crippen molar-refractivity contribution < 1.29 is 0 Å². The number of halogens is 1. The average Bonchev–Trinajstić information content (AvgIpc) is 2.25. The van der Waals surface area contributed by atoms with E-state index in [1.165, 1.54) is 4.90 Å². The number of thioether (sulfide) groups is 1. The molecule has 0 spiro atoms. The van der Waals surface area contributed by atoms with Crippen molar-refractivity contribution in [3.05, 3.63) is 30.3 Å². The highest BCUT2D eigenvalue weighted by molar-refractivity contribution is 7.99. The topological polar surface area (TPSA) is 12.0 Å². The first-order valence-corrected chi connectivity index (χ1v) is 7.16. The molecule has 3 heteroatoms. The molecule has 0 aliphatic carbocycles. The molecule has 0 heterocycles. The van der Waals surface area contributed by atoms with Gasteiger partial charge in [-0.3, -0.25) is 0 Å². The second-order valence-electron chi connectivity index (χ2n) is 4.03. The number of alkyl halides is 1. The fraction of sp³-hybridized carbons (Fsp3) is 0.538. The van der Waals surface area contributed by atoms with E-state index in [9.17, 15) is 0 Å². The Morgan fingerprint density at radius 1 is 1.25 bits per heavy atom. The lowest BCUT2D eigenvalue weighted by atomic mass is 10.2. The second kappa shape index (κ2) is 7.99. The van der Waals surface area contributed by atoms with Crippen LogP contribution in [0.25, 0.3) is 0 Å². The van der Waals surface area contributed by atoms with Crippen LogP contribution in [0.15, 0.2) is 35.2 Å². The highest BCUT2D eigenvalue weighted by atomic mass is 35.5. The van der Waals surface area contributed by atoms with Gasteiger partial charge in [-0.05, 0) is 32.4 Å². The van der Waals surface area contributed by atoms with Gasteiger partial charge in [-0.2, -0.15) is 0 Å². The Balaban J connectivity index is 2.08. The molecular weight excluding hydrogens is 238 g/mol. The van der Waals surface area contributed by atoms with Crippen LogP contribution in [-0.2, 0) is 0 Å². The zero-order valence-electron chi connectivity index (χ0n) is 9.95. The number of nitrogens with one attached hydrogen (secondary N) is 1. The number of benzene rings is 1. The van der Waals surface area contributed by atoms with Gasteiger partial charge in [0.1, 0.15) is 0 Å². The SMILES string of the molecule is CC(Cl)CC(C)NCCSc1ccccc1. The van der Waals surface area contributed by atoms with Crippen LogP contribution in [0.4, 0.5) is 0 Å². The van der Waals surface area contributed by atoms with E-state index in [1.54, 1.807) is 0 Å². The van der Waals surface area contributed by atoms with Crippen LogP contribution in [0.3, 0.4) is 0 Å². The highest BCUT2D eigenvalue weighted by Gasteiger charge is 2.04. The highest BCUT2D eigenvalue weighted by Crippen LogP contribution is 2.15. The first kappa shape index (κ1) is 13.9. The molecule has 0 bridgehead atoms. The lowest BCUT2D eigenvalue weighted by molar-refractivity contribution is 0.529. The van der Waals surface area contributed by atoms with Crippen molar-refractivity contribution in [2.45, 2.75) is 36.6 Å². The van der Waals surface area contributed by atoms with Gasteiger partial charge in [-0.1, -0.05) is 18.2 Å². The molecule has 2 atom stereocenters. The third kappa shape index (κ3) is 6.41. The largest absolute Gasteiger partial charge is 0.313 e. The predicted molar refractivity (Wildman–Crippen MR) is 74.6 cm³/mol. The zero-order chi connectivity index (χ0) is 11.8. The van der Waals surface area contributed by atoms with Gasteiger partial charge in [0.05, 0.1) is 0 Å². The number of rotatable bonds is 7. The molecule has 0 aliphatic heterocycles. The van der Waals surface area contributed by atoms with E-state index >= 15 is 0 Å². The van der Waals surface area contributed by atoms with Crippen LogP contribution in [0.2, 0.25) is 0 Å². The summed E-state index contributed by atoms with van der Waals surface area (Å²) in [5.74, 6) is 1.10. The van der Waals surface area contributed by atoms with E-state index in [1.807, 2.05) is 24.8 Å². The summed E-state index contributed by atoms with van der Waals surface area (Å²) in [5, 5.41) is 3.73. The van der Waals surface area contributed by atoms with Crippen LogP contribution >= 0.6 is 23.4 Å². The van der Waals surface area contributed by atoms with Crippen molar-refractivity contribution in [1.82, 2.24) is 5.32 Å². The van der Waals surface area contributed by atoms with Gasteiger partial charge < -0.3 is 5.32 Å². The minimum Gasteiger partial charge on any atom is -0.313 e. The first-order chi connectivity index (χ1) is 7.68. The van der Waals surface area contributed by atoms with Crippen LogP contribution in [-0.4, -0.2) is 23.7 Å². The van der Waals surface area contributed by atoms with E-state index in [0.29, 0.717) is 6.04 Å². The Hall–Kier alpha value is -0.180. The predicted octanol–water partition coefficient (Wildman–Crippen LogP) is 3.77. The number of hydrogen-bond donors (Lipinski definition) is 1. The van der Waals surface area contributed by atoms with Crippen molar-refractivity contribution in [3.8, 4) is 0 Å². The van der Waals surface area contributed by atoms with E-state index in [2.05, 4.69) is 36.5 Å². The molecule has 90 valence electrons. The molecule has 1 nitrogen and oxygen atoms in total. The fourth-order valence-electron chi connectivity index (χ4n) is 1.56. The molecule has 0 radical (unpaired) electrons. The van der Waals surface area contributed by atoms with Crippen LogP contribution in [0, 0.1) is 0 Å². The maximum absolute atomic E-state index is 5.94. The van der Waals surface area contributed by atoms with Gasteiger partial charge in [-0.15, -0.1) is 23.4 Å². The molecule has 0 saturated heterocycles. The lowest BCUT2D eigenvalue weighted by Gasteiger charge is -2.14. The summed E-state index contributed by atoms with van der Waals surface area (Å²) in [7, 11) is 0. The minimum atomic E-state index is 0.254. The second-order valence-corrected chi connectivity index (χ2v) is 5.95. The van der Waals surface area contributed by atoms with E-state index in [4.69, 9.17) is 11.6 Å². The van der Waals surface area contributed by atoms with Gasteiger partial charge in [0, 0.05) is 28.6 Å². The molecule has 1 N–H and O–H groups in total. The number of hydrogen-bond acceptors (Lipinski definition) is 2. The van der Waals surface area contributed by atoms with Gasteiger partial charge in [0.25, 0.3) is 0 Å². The van der Waals surface area contributed by atoms with Gasteiger partial charge in [0.2, 0.25) is 0 Å². The quantitative estimate of drug-likeness (QED) is 0.453. The summed E-state index contributed by atoms with van der Waals surface area (Å²) >= 11 is 7.82. The summed E-state index contributed by atoms with van der Waals surface area (Å²) in [6.07, 6.45) is 1.03. The van der Waals surface area contributed by atoms with Gasteiger partial charge in [0.15, 0.2) is 0 Å². The van der Waals surface area contributed by atoms with Gasteiger partial charge in [-0.25, -0.2) is 0 Å². The first-order valence-electron chi connectivity index (χ1n) is 5.74. The normalized spacial score (nSPS) is 14.7. The summed E-state index contributed by atoms with van der Waals surface area (Å²) in [6, 6.07) is 11.0. The standard InChI is InChI=1S/C13H20ClNS/c1-11(14)10-12(2)15-8-9-16-13-6-4-3-5-7-13/h3-7,11-12,15H,8-10H2,1-2H3. The molecule has 1 aromatic carbocycles. The third-order valence-electron chi connectivity index (χ3n) is 2.29. The summed E-state index contributed by atoms with van der Waals surface area (Å²) in [5.41, 5.74) is 0. The van der Waals surface area contributed by atoms with E-state index < -0.39 is 0 Å². The van der Waals surface area contributed by atoms with Crippen LogP contribution in [0.1, 0.15) is 20.3 Å². The smallest absolute Gasteiger partial charge is 0.0322 e. The Kier molecular flexibility index (Phi) is 6.93. The molecule has 0 aliphatic rings. The summed E-state index contributed by atoms with van der Waals surface area (Å²) < 4.78 is 0. The molecule has 2 unspecified atom stereocenters. The Bertz CT molecular complexity index is 277. The summed E-state index contributed by atoms with van der Waals surface area (Å²) in [6.45, 7) is 5.26. The molecule has 1 rings (SSSR count). The molecule has 0 saturated carbocycles. The van der Waals surface area contributed by atoms with Crippen molar-refractivity contribution in [2.24, 2.45) is 0 Å². The Morgan fingerprint density at radius 3 is 2.56 bits per heavy atom. The van der Waals surface area contributed by atoms with Crippen LogP contribution < -0.4 is 5.32 Å². The molecule has 0 amide bonds. The molecule has 0 aromatic heterocycles.